The Morgan fingerprint density at radius 2 is 2.30 bits per heavy atom. The predicted octanol–water partition coefficient (Wildman–Crippen LogP) is 2.81. The van der Waals surface area contributed by atoms with Crippen molar-refractivity contribution in [2.75, 3.05) is 6.54 Å². The molecule has 0 aliphatic rings. The summed E-state index contributed by atoms with van der Waals surface area (Å²) in [5.41, 5.74) is 1.34. The summed E-state index contributed by atoms with van der Waals surface area (Å²) >= 11 is 6.54. The molecule has 1 aromatic heterocycles. The van der Waals surface area contributed by atoms with Gasteiger partial charge in [0.1, 0.15) is 16.6 Å². The molecule has 0 amide bonds. The molecule has 1 aromatic carbocycles. The molecule has 0 aliphatic carbocycles. The van der Waals surface area contributed by atoms with E-state index in [4.69, 9.17) is 12.2 Å². The SMILES string of the molecule is C=CCNC(=S)N/C=C(\C#N)c1nc2ccccc2s1. The van der Waals surface area contributed by atoms with Gasteiger partial charge < -0.3 is 10.6 Å². The van der Waals surface area contributed by atoms with Gasteiger partial charge in [0.05, 0.1) is 10.2 Å². The van der Waals surface area contributed by atoms with Gasteiger partial charge in [-0.05, 0) is 24.4 Å². The van der Waals surface area contributed by atoms with Crippen LogP contribution in [-0.4, -0.2) is 16.6 Å². The van der Waals surface area contributed by atoms with Gasteiger partial charge in [0.15, 0.2) is 5.11 Å². The first-order valence-corrected chi connectivity index (χ1v) is 7.08. The van der Waals surface area contributed by atoms with Crippen molar-refractivity contribution >= 4 is 44.5 Å². The monoisotopic (exact) mass is 300 g/mol. The molecule has 20 heavy (non-hydrogen) atoms. The Morgan fingerprint density at radius 1 is 1.50 bits per heavy atom. The molecular weight excluding hydrogens is 288 g/mol. The summed E-state index contributed by atoms with van der Waals surface area (Å²) in [5.74, 6) is 0. The average molecular weight is 300 g/mol. The average Bonchev–Trinajstić information content (AvgIpc) is 2.89. The molecule has 4 nitrogen and oxygen atoms in total. The van der Waals surface area contributed by atoms with E-state index in [1.807, 2.05) is 24.3 Å². The second-order valence-electron chi connectivity index (χ2n) is 3.80. The van der Waals surface area contributed by atoms with Crippen LogP contribution in [0.2, 0.25) is 0 Å². The van der Waals surface area contributed by atoms with Gasteiger partial charge in [-0.1, -0.05) is 18.2 Å². The Bertz CT molecular complexity index is 676. The minimum absolute atomic E-state index is 0.443. The number of para-hydroxylation sites is 1. The lowest BCUT2D eigenvalue weighted by Crippen LogP contribution is -2.31. The third-order valence-corrected chi connectivity index (χ3v) is 3.73. The lowest BCUT2D eigenvalue weighted by atomic mass is 10.3. The highest BCUT2D eigenvalue weighted by Crippen LogP contribution is 2.26. The smallest absolute Gasteiger partial charge is 0.170 e. The van der Waals surface area contributed by atoms with Gasteiger partial charge in [0, 0.05) is 12.7 Å². The van der Waals surface area contributed by atoms with Gasteiger partial charge in [0.2, 0.25) is 0 Å². The van der Waals surface area contributed by atoms with Crippen LogP contribution in [0.3, 0.4) is 0 Å². The van der Waals surface area contributed by atoms with Gasteiger partial charge in [-0.15, -0.1) is 17.9 Å². The van der Waals surface area contributed by atoms with Crippen LogP contribution >= 0.6 is 23.6 Å². The molecular formula is C14H12N4S2. The number of hydrogen-bond donors (Lipinski definition) is 2. The van der Waals surface area contributed by atoms with E-state index in [1.54, 1.807) is 12.3 Å². The topological polar surface area (TPSA) is 60.7 Å². The zero-order chi connectivity index (χ0) is 14.4. The van der Waals surface area contributed by atoms with Crippen LogP contribution in [0, 0.1) is 11.3 Å². The van der Waals surface area contributed by atoms with Crippen LogP contribution in [0.5, 0.6) is 0 Å². The van der Waals surface area contributed by atoms with E-state index in [0.717, 1.165) is 10.2 Å². The molecule has 0 spiro atoms. The number of hydrogen-bond acceptors (Lipinski definition) is 4. The van der Waals surface area contributed by atoms with Crippen molar-refractivity contribution in [3.8, 4) is 6.07 Å². The maximum Gasteiger partial charge on any atom is 0.170 e. The number of aromatic nitrogens is 1. The fraction of sp³-hybridized carbons (Fsp3) is 0.0714. The van der Waals surface area contributed by atoms with Crippen LogP contribution in [0.25, 0.3) is 15.8 Å². The van der Waals surface area contributed by atoms with Crippen molar-refractivity contribution in [2.24, 2.45) is 0 Å². The summed E-state index contributed by atoms with van der Waals surface area (Å²) in [7, 11) is 0. The van der Waals surface area contributed by atoms with Gasteiger partial charge in [-0.3, -0.25) is 0 Å². The maximum absolute atomic E-state index is 9.22. The Morgan fingerprint density at radius 3 is 3.00 bits per heavy atom. The fourth-order valence-electron chi connectivity index (χ4n) is 1.48. The lowest BCUT2D eigenvalue weighted by molar-refractivity contribution is 1.01. The third-order valence-electron chi connectivity index (χ3n) is 2.40. The van der Waals surface area contributed by atoms with E-state index in [0.29, 0.717) is 22.2 Å². The predicted molar refractivity (Wildman–Crippen MR) is 87.1 cm³/mol. The second-order valence-corrected chi connectivity index (χ2v) is 5.24. The number of thiocarbonyl (C=S) groups is 1. The molecule has 2 rings (SSSR count). The highest BCUT2D eigenvalue weighted by atomic mass is 32.1. The van der Waals surface area contributed by atoms with E-state index >= 15 is 0 Å². The number of nitrogens with one attached hydrogen (secondary N) is 2. The van der Waals surface area contributed by atoms with E-state index < -0.39 is 0 Å². The van der Waals surface area contributed by atoms with Crippen molar-refractivity contribution in [2.45, 2.75) is 0 Å². The minimum Gasteiger partial charge on any atom is -0.359 e. The first-order valence-electron chi connectivity index (χ1n) is 5.86. The van der Waals surface area contributed by atoms with E-state index in [1.165, 1.54) is 11.3 Å². The zero-order valence-corrected chi connectivity index (χ0v) is 12.2. The number of fused-ring (bicyclic) bond motifs is 1. The molecule has 0 atom stereocenters. The molecule has 1 heterocycles. The van der Waals surface area contributed by atoms with Crippen molar-refractivity contribution in [1.29, 1.82) is 5.26 Å². The van der Waals surface area contributed by atoms with Crippen molar-refractivity contribution in [3.05, 3.63) is 48.1 Å². The van der Waals surface area contributed by atoms with Crippen molar-refractivity contribution in [3.63, 3.8) is 0 Å². The molecule has 6 heteroatoms. The van der Waals surface area contributed by atoms with E-state index in [-0.39, 0.29) is 0 Å². The largest absolute Gasteiger partial charge is 0.359 e. The summed E-state index contributed by atoms with van der Waals surface area (Å²) in [5, 5.41) is 16.1. The Hall–Kier alpha value is -2.23. The third kappa shape index (κ3) is 3.41. The van der Waals surface area contributed by atoms with Crippen LogP contribution in [0.4, 0.5) is 0 Å². The summed E-state index contributed by atoms with van der Waals surface area (Å²) in [6.07, 6.45) is 3.27. The summed E-state index contributed by atoms with van der Waals surface area (Å²) < 4.78 is 1.05. The number of nitrogens with zero attached hydrogens (tertiary/aromatic N) is 2. The fourth-order valence-corrected chi connectivity index (χ4v) is 2.56. The first-order chi connectivity index (χ1) is 9.74. The minimum atomic E-state index is 0.443. The Kier molecular flexibility index (Phi) is 4.82. The lowest BCUT2D eigenvalue weighted by Gasteiger charge is -2.04. The van der Waals surface area contributed by atoms with Crippen molar-refractivity contribution in [1.82, 2.24) is 15.6 Å². The quantitative estimate of drug-likeness (QED) is 0.516. The van der Waals surface area contributed by atoms with Crippen molar-refractivity contribution < 1.29 is 0 Å². The van der Waals surface area contributed by atoms with E-state index in [2.05, 4.69) is 28.3 Å². The number of benzene rings is 1. The van der Waals surface area contributed by atoms with Crippen LogP contribution in [0.15, 0.2) is 43.1 Å². The Labute approximate surface area is 126 Å². The highest BCUT2D eigenvalue weighted by molar-refractivity contribution is 7.80. The normalized spacial score (nSPS) is 10.8. The summed E-state index contributed by atoms with van der Waals surface area (Å²) in [4.78, 5) is 4.43. The van der Waals surface area contributed by atoms with Crippen LogP contribution in [0.1, 0.15) is 5.01 Å². The zero-order valence-electron chi connectivity index (χ0n) is 10.6. The number of nitriles is 1. The number of thiazole rings is 1. The maximum atomic E-state index is 9.22. The molecule has 2 aromatic rings. The molecule has 0 unspecified atom stereocenters. The summed E-state index contributed by atoms with van der Waals surface area (Å²) in [6, 6.07) is 9.91. The number of allylic oxidation sites excluding steroid dienone is 1. The molecule has 0 aliphatic heterocycles. The van der Waals surface area contributed by atoms with Gasteiger partial charge >= 0.3 is 0 Å². The van der Waals surface area contributed by atoms with Crippen LogP contribution in [-0.2, 0) is 0 Å². The van der Waals surface area contributed by atoms with Crippen LogP contribution < -0.4 is 10.6 Å². The molecule has 0 radical (unpaired) electrons. The second kappa shape index (κ2) is 6.80. The highest BCUT2D eigenvalue weighted by Gasteiger charge is 2.08. The Balaban J connectivity index is 2.17. The molecule has 0 saturated carbocycles. The first kappa shape index (κ1) is 14.2. The number of rotatable bonds is 4. The van der Waals surface area contributed by atoms with Gasteiger partial charge in [0.25, 0.3) is 0 Å². The molecule has 100 valence electrons. The van der Waals surface area contributed by atoms with Gasteiger partial charge in [-0.2, -0.15) is 5.26 Å². The van der Waals surface area contributed by atoms with Gasteiger partial charge in [-0.25, -0.2) is 4.98 Å². The molecule has 0 fully saturated rings. The molecule has 2 N–H and O–H groups in total. The summed E-state index contributed by atoms with van der Waals surface area (Å²) in [6.45, 7) is 4.16. The molecule has 0 bridgehead atoms. The van der Waals surface area contributed by atoms with E-state index in [9.17, 15) is 5.26 Å². The standard InChI is InChI=1S/C14H12N4S2/c1-2-7-16-14(19)17-9-10(8-15)13-18-11-5-3-4-6-12(11)20-13/h2-6,9H,1,7H2,(H2,16,17,19)/b10-9+. The molecule has 0 saturated heterocycles.